The van der Waals surface area contributed by atoms with Gasteiger partial charge in [-0.05, 0) is 29.8 Å². The number of fused-ring (bicyclic) bond motifs is 1. The van der Waals surface area contributed by atoms with E-state index in [-0.39, 0.29) is 11.5 Å². The zero-order valence-corrected chi connectivity index (χ0v) is 11.7. The molecule has 22 heavy (non-hydrogen) atoms. The van der Waals surface area contributed by atoms with E-state index in [1.54, 1.807) is 12.1 Å². The fraction of sp³-hybridized carbons (Fsp3) is 0.0625. The molecule has 3 N–H and O–H groups in total. The molecule has 0 aliphatic heterocycles. The van der Waals surface area contributed by atoms with Crippen LogP contribution in [0.5, 0.6) is 0 Å². The van der Waals surface area contributed by atoms with Gasteiger partial charge in [0.05, 0.1) is 4.92 Å². The van der Waals surface area contributed by atoms with E-state index in [1.165, 1.54) is 12.1 Å². The van der Waals surface area contributed by atoms with Gasteiger partial charge in [0.15, 0.2) is 0 Å². The maximum absolute atomic E-state index is 10.7. The fourth-order valence-electron chi connectivity index (χ4n) is 2.43. The average Bonchev–Trinajstić information content (AvgIpc) is 2.90. The molecule has 3 rings (SSSR count). The second kappa shape index (κ2) is 5.33. The van der Waals surface area contributed by atoms with Crippen molar-refractivity contribution >= 4 is 22.4 Å². The molecule has 1 aromatic heterocycles. The summed E-state index contributed by atoms with van der Waals surface area (Å²) >= 11 is 0. The summed E-state index contributed by atoms with van der Waals surface area (Å²) < 4.78 is 2.06. The molecular weight excluding hydrogens is 280 g/mol. The first-order chi connectivity index (χ1) is 10.5. The molecular formula is C16H14N4O2. The van der Waals surface area contributed by atoms with Gasteiger partial charge in [-0.15, -0.1) is 0 Å². The number of amidine groups is 1. The van der Waals surface area contributed by atoms with E-state index in [9.17, 15) is 10.1 Å². The molecule has 3 aromatic rings. The van der Waals surface area contributed by atoms with Crippen molar-refractivity contribution in [2.24, 2.45) is 5.73 Å². The van der Waals surface area contributed by atoms with E-state index in [0.717, 1.165) is 16.5 Å². The highest BCUT2D eigenvalue weighted by Crippen LogP contribution is 2.20. The van der Waals surface area contributed by atoms with Crippen LogP contribution in [-0.2, 0) is 6.54 Å². The molecule has 6 heteroatoms. The van der Waals surface area contributed by atoms with Gasteiger partial charge in [-0.25, -0.2) is 0 Å². The van der Waals surface area contributed by atoms with Crippen LogP contribution in [0.25, 0.3) is 10.9 Å². The number of non-ortho nitro benzene ring substituents is 1. The largest absolute Gasteiger partial charge is 0.384 e. The Morgan fingerprint density at radius 3 is 2.55 bits per heavy atom. The Morgan fingerprint density at radius 2 is 1.91 bits per heavy atom. The highest BCUT2D eigenvalue weighted by atomic mass is 16.6. The highest BCUT2D eigenvalue weighted by Gasteiger charge is 2.07. The number of nitrogens with zero attached hydrogens (tertiary/aromatic N) is 2. The van der Waals surface area contributed by atoms with Crippen molar-refractivity contribution in [3.8, 4) is 0 Å². The Labute approximate surface area is 126 Å². The average molecular weight is 294 g/mol. The van der Waals surface area contributed by atoms with Crippen LogP contribution in [-0.4, -0.2) is 15.3 Å². The first-order valence-corrected chi connectivity index (χ1v) is 6.71. The predicted molar refractivity (Wildman–Crippen MR) is 85.2 cm³/mol. The molecule has 6 nitrogen and oxygen atoms in total. The van der Waals surface area contributed by atoms with Gasteiger partial charge >= 0.3 is 0 Å². The van der Waals surface area contributed by atoms with E-state index < -0.39 is 4.92 Å². The van der Waals surface area contributed by atoms with Crippen molar-refractivity contribution < 1.29 is 4.92 Å². The lowest BCUT2D eigenvalue weighted by Gasteiger charge is -2.06. The van der Waals surface area contributed by atoms with Crippen molar-refractivity contribution in [3.05, 3.63) is 76.0 Å². The number of rotatable bonds is 4. The van der Waals surface area contributed by atoms with Gasteiger partial charge in [0.2, 0.25) is 0 Å². The molecule has 0 unspecified atom stereocenters. The summed E-state index contributed by atoms with van der Waals surface area (Å²) in [5, 5.41) is 19.1. The summed E-state index contributed by atoms with van der Waals surface area (Å²) in [7, 11) is 0. The summed E-state index contributed by atoms with van der Waals surface area (Å²) in [4.78, 5) is 10.3. The number of nitro benzene ring substituents is 1. The second-order valence-electron chi connectivity index (χ2n) is 5.05. The van der Waals surface area contributed by atoms with E-state index in [0.29, 0.717) is 12.1 Å². The predicted octanol–water partition coefficient (Wildman–Crippen LogP) is 2.88. The van der Waals surface area contributed by atoms with Crippen LogP contribution in [0.15, 0.2) is 54.7 Å². The number of nitro groups is 1. The van der Waals surface area contributed by atoms with E-state index in [1.807, 2.05) is 30.5 Å². The molecule has 0 spiro atoms. The number of benzene rings is 2. The first-order valence-electron chi connectivity index (χ1n) is 6.71. The van der Waals surface area contributed by atoms with Crippen molar-refractivity contribution in [3.63, 3.8) is 0 Å². The summed E-state index contributed by atoms with van der Waals surface area (Å²) in [5.41, 5.74) is 8.30. The lowest BCUT2D eigenvalue weighted by atomic mass is 10.1. The summed E-state index contributed by atoms with van der Waals surface area (Å²) in [5.74, 6) is 0.0463. The lowest BCUT2D eigenvalue weighted by molar-refractivity contribution is -0.384. The molecule has 0 saturated carbocycles. The van der Waals surface area contributed by atoms with Gasteiger partial charge in [-0.2, -0.15) is 0 Å². The Balaban J connectivity index is 1.90. The molecule has 0 fully saturated rings. The Bertz CT molecular complexity index is 865. The monoisotopic (exact) mass is 294 g/mol. The minimum absolute atomic E-state index is 0.0463. The number of hydrogen-bond acceptors (Lipinski definition) is 3. The number of nitrogen functional groups attached to an aromatic ring is 1. The third kappa shape index (κ3) is 2.54. The number of hydrogen-bond donors (Lipinski definition) is 2. The minimum atomic E-state index is -0.405. The molecule has 110 valence electrons. The molecule has 0 aliphatic carbocycles. The molecule has 0 amide bonds. The Morgan fingerprint density at radius 1 is 1.18 bits per heavy atom. The summed E-state index contributed by atoms with van der Waals surface area (Å²) in [6.07, 6.45) is 1.95. The van der Waals surface area contributed by atoms with Crippen LogP contribution in [0.2, 0.25) is 0 Å². The van der Waals surface area contributed by atoms with Crippen molar-refractivity contribution in [2.75, 3.05) is 0 Å². The smallest absolute Gasteiger partial charge is 0.269 e. The standard InChI is InChI=1S/C16H14N4O2/c17-16(18)13-3-6-15-12(9-13)7-8-19(15)10-11-1-4-14(5-2-11)20(21)22/h1-9H,10H2,(H3,17,18). The van der Waals surface area contributed by atoms with Crippen molar-refractivity contribution in [2.45, 2.75) is 6.54 Å². The molecule has 1 heterocycles. The third-order valence-corrected chi connectivity index (χ3v) is 3.58. The normalized spacial score (nSPS) is 10.7. The fourth-order valence-corrected chi connectivity index (χ4v) is 2.43. The lowest BCUT2D eigenvalue weighted by Crippen LogP contribution is -2.10. The van der Waals surface area contributed by atoms with Crippen LogP contribution in [0.3, 0.4) is 0 Å². The summed E-state index contributed by atoms with van der Waals surface area (Å²) in [6, 6.07) is 14.1. The van der Waals surface area contributed by atoms with Crippen molar-refractivity contribution in [1.29, 1.82) is 5.41 Å². The molecule has 0 radical (unpaired) electrons. The van der Waals surface area contributed by atoms with E-state index >= 15 is 0 Å². The molecule has 0 atom stereocenters. The molecule has 0 saturated heterocycles. The maximum Gasteiger partial charge on any atom is 0.269 e. The van der Waals surface area contributed by atoms with E-state index in [2.05, 4.69) is 4.57 Å². The molecule has 0 aliphatic rings. The molecule has 2 aromatic carbocycles. The maximum atomic E-state index is 10.7. The SMILES string of the molecule is N=C(N)c1ccc2c(ccn2Cc2ccc([N+](=O)[O-])cc2)c1. The van der Waals surface area contributed by atoms with Crippen LogP contribution < -0.4 is 5.73 Å². The summed E-state index contributed by atoms with van der Waals surface area (Å²) in [6.45, 7) is 0.626. The van der Waals surface area contributed by atoms with Crippen LogP contribution in [0, 0.1) is 15.5 Å². The number of nitrogens with one attached hydrogen (secondary N) is 1. The second-order valence-corrected chi connectivity index (χ2v) is 5.05. The van der Waals surface area contributed by atoms with Gasteiger partial charge in [-0.1, -0.05) is 12.1 Å². The van der Waals surface area contributed by atoms with Gasteiger partial charge in [-0.3, -0.25) is 15.5 Å². The zero-order valence-electron chi connectivity index (χ0n) is 11.7. The topological polar surface area (TPSA) is 97.9 Å². The van der Waals surface area contributed by atoms with E-state index in [4.69, 9.17) is 11.1 Å². The van der Waals surface area contributed by atoms with Crippen LogP contribution >= 0.6 is 0 Å². The van der Waals surface area contributed by atoms with Gasteiger partial charge in [0.1, 0.15) is 5.84 Å². The van der Waals surface area contributed by atoms with Crippen molar-refractivity contribution in [1.82, 2.24) is 4.57 Å². The Kier molecular flexibility index (Phi) is 3.34. The minimum Gasteiger partial charge on any atom is -0.384 e. The first kappa shape index (κ1) is 13.8. The number of nitrogens with two attached hydrogens (primary N) is 1. The zero-order chi connectivity index (χ0) is 15.7. The van der Waals surface area contributed by atoms with Gasteiger partial charge in [0.25, 0.3) is 5.69 Å². The highest BCUT2D eigenvalue weighted by molar-refractivity contribution is 5.98. The Hall–Kier alpha value is -3.15. The van der Waals surface area contributed by atoms with Gasteiger partial charge < -0.3 is 10.3 Å². The quantitative estimate of drug-likeness (QED) is 0.335. The van der Waals surface area contributed by atoms with Gasteiger partial charge in [0, 0.05) is 41.3 Å². The molecule has 0 bridgehead atoms. The van der Waals surface area contributed by atoms with Crippen LogP contribution in [0.4, 0.5) is 5.69 Å². The third-order valence-electron chi connectivity index (χ3n) is 3.58. The van der Waals surface area contributed by atoms with Crippen LogP contribution in [0.1, 0.15) is 11.1 Å². The number of aromatic nitrogens is 1.